The normalized spacial score (nSPS) is 23.1. The zero-order chi connectivity index (χ0) is 13.4. The number of aromatic nitrogens is 2. The molecule has 0 bridgehead atoms. The van der Waals surface area contributed by atoms with Crippen molar-refractivity contribution < 1.29 is 9.53 Å². The molecule has 1 aromatic carbocycles. The number of nitrogens with zero attached hydrogens (tertiary/aromatic N) is 2. The molecular weight excluding hydrogens is 242 g/mol. The Morgan fingerprint density at radius 3 is 2.95 bits per heavy atom. The van der Waals surface area contributed by atoms with Crippen LogP contribution in [-0.2, 0) is 23.0 Å². The summed E-state index contributed by atoms with van der Waals surface area (Å²) in [5.41, 5.74) is 7.83. The first-order chi connectivity index (χ1) is 9.16. The number of fused-ring (bicyclic) bond motifs is 1. The van der Waals surface area contributed by atoms with Gasteiger partial charge in [0, 0.05) is 13.1 Å². The van der Waals surface area contributed by atoms with Crippen LogP contribution in [0.15, 0.2) is 24.3 Å². The number of ether oxygens (including phenoxy) is 1. The lowest BCUT2D eigenvalue weighted by Crippen LogP contribution is -2.35. The van der Waals surface area contributed by atoms with Gasteiger partial charge in [-0.1, -0.05) is 12.1 Å². The van der Waals surface area contributed by atoms with Crippen LogP contribution in [0.25, 0.3) is 11.0 Å². The summed E-state index contributed by atoms with van der Waals surface area (Å²) in [6, 6.07) is 7.69. The predicted octanol–water partition coefficient (Wildman–Crippen LogP) is 0.659. The lowest BCUT2D eigenvalue weighted by Gasteiger charge is -2.11. The van der Waals surface area contributed by atoms with Gasteiger partial charge in [-0.15, -0.1) is 0 Å². The van der Waals surface area contributed by atoms with Crippen LogP contribution in [-0.4, -0.2) is 34.6 Å². The third-order valence-electron chi connectivity index (χ3n) is 3.75. The van der Waals surface area contributed by atoms with E-state index in [0.717, 1.165) is 16.9 Å². The smallest absolute Gasteiger partial charge is 0.147 e. The second-order valence-corrected chi connectivity index (χ2v) is 5.03. The molecule has 1 saturated heterocycles. The van der Waals surface area contributed by atoms with Crippen molar-refractivity contribution in [2.45, 2.75) is 12.5 Å². The number of Topliss-reactive ketones (excluding diaryl/α,β-unsaturated/α-hetero) is 1. The topological polar surface area (TPSA) is 70.1 Å². The maximum absolute atomic E-state index is 12.2. The lowest BCUT2D eigenvalue weighted by molar-refractivity contribution is -0.122. The standard InChI is InChI=1S/C14H17N3O2/c1-17-12-5-3-2-4-11(12)16-14(17)6-13(18)9-7-19-8-10(9)15/h2-5,9-10H,6-8,15H2,1H3. The van der Waals surface area contributed by atoms with Gasteiger partial charge < -0.3 is 15.0 Å². The number of ketones is 1. The summed E-state index contributed by atoms with van der Waals surface area (Å²) < 4.78 is 7.21. The first-order valence-corrected chi connectivity index (χ1v) is 6.43. The number of rotatable bonds is 3. The van der Waals surface area contributed by atoms with Crippen LogP contribution in [0.5, 0.6) is 0 Å². The summed E-state index contributed by atoms with van der Waals surface area (Å²) in [5, 5.41) is 0. The molecule has 100 valence electrons. The van der Waals surface area contributed by atoms with Crippen LogP contribution < -0.4 is 5.73 Å². The van der Waals surface area contributed by atoms with Gasteiger partial charge in [0.2, 0.25) is 0 Å². The summed E-state index contributed by atoms with van der Waals surface area (Å²) in [7, 11) is 1.93. The highest BCUT2D eigenvalue weighted by atomic mass is 16.5. The first kappa shape index (κ1) is 12.3. The largest absolute Gasteiger partial charge is 0.379 e. The van der Waals surface area contributed by atoms with Crippen molar-refractivity contribution in [2.75, 3.05) is 13.2 Å². The molecule has 5 nitrogen and oxygen atoms in total. The molecule has 5 heteroatoms. The first-order valence-electron chi connectivity index (χ1n) is 6.43. The van der Waals surface area contributed by atoms with Crippen molar-refractivity contribution in [3.8, 4) is 0 Å². The van der Waals surface area contributed by atoms with Crippen molar-refractivity contribution in [2.24, 2.45) is 18.7 Å². The fraction of sp³-hybridized carbons (Fsp3) is 0.429. The fourth-order valence-electron chi connectivity index (χ4n) is 2.54. The van der Waals surface area contributed by atoms with Gasteiger partial charge in [-0.05, 0) is 12.1 Å². The average Bonchev–Trinajstić information content (AvgIpc) is 2.95. The van der Waals surface area contributed by atoms with E-state index >= 15 is 0 Å². The maximum atomic E-state index is 12.2. The van der Waals surface area contributed by atoms with E-state index in [1.807, 2.05) is 35.9 Å². The Morgan fingerprint density at radius 1 is 1.47 bits per heavy atom. The van der Waals surface area contributed by atoms with Crippen molar-refractivity contribution in [3.63, 3.8) is 0 Å². The Bertz CT molecular complexity index is 620. The minimum Gasteiger partial charge on any atom is -0.379 e. The zero-order valence-corrected chi connectivity index (χ0v) is 10.9. The third kappa shape index (κ3) is 2.15. The Morgan fingerprint density at radius 2 is 2.26 bits per heavy atom. The summed E-state index contributed by atoms with van der Waals surface area (Å²) in [6.45, 7) is 0.906. The van der Waals surface area contributed by atoms with Gasteiger partial charge in [0.1, 0.15) is 11.6 Å². The highest BCUT2D eigenvalue weighted by Crippen LogP contribution is 2.18. The number of aryl methyl sites for hydroxylation is 1. The van der Waals surface area contributed by atoms with E-state index in [-0.39, 0.29) is 17.7 Å². The van der Waals surface area contributed by atoms with Gasteiger partial charge in [0.15, 0.2) is 0 Å². The molecule has 1 aromatic heterocycles. The molecule has 2 unspecified atom stereocenters. The number of hydrogen-bond acceptors (Lipinski definition) is 4. The molecule has 19 heavy (non-hydrogen) atoms. The molecule has 1 aliphatic heterocycles. The number of carbonyl (C=O) groups is 1. The van der Waals surface area contributed by atoms with E-state index < -0.39 is 0 Å². The van der Waals surface area contributed by atoms with Crippen molar-refractivity contribution >= 4 is 16.8 Å². The quantitative estimate of drug-likeness (QED) is 0.879. The molecule has 3 rings (SSSR count). The number of imidazole rings is 1. The second-order valence-electron chi connectivity index (χ2n) is 5.03. The number of para-hydroxylation sites is 2. The molecular formula is C14H17N3O2. The number of nitrogens with two attached hydrogens (primary N) is 1. The molecule has 0 radical (unpaired) electrons. The minimum atomic E-state index is -0.195. The van der Waals surface area contributed by atoms with Crippen LogP contribution in [0.4, 0.5) is 0 Å². The average molecular weight is 259 g/mol. The van der Waals surface area contributed by atoms with Crippen LogP contribution in [0.1, 0.15) is 5.82 Å². The molecule has 2 heterocycles. The molecule has 0 aliphatic carbocycles. The van der Waals surface area contributed by atoms with Crippen LogP contribution in [0, 0.1) is 5.92 Å². The SMILES string of the molecule is Cn1c(CC(=O)C2COCC2N)nc2ccccc21. The molecule has 0 amide bonds. The monoisotopic (exact) mass is 259 g/mol. The summed E-state index contributed by atoms with van der Waals surface area (Å²) in [6.07, 6.45) is 0.312. The molecule has 1 aliphatic rings. The summed E-state index contributed by atoms with van der Waals surface area (Å²) in [4.78, 5) is 16.8. The van der Waals surface area contributed by atoms with Gasteiger partial charge >= 0.3 is 0 Å². The number of benzene rings is 1. The summed E-state index contributed by atoms with van der Waals surface area (Å²) in [5.74, 6) is 0.702. The van der Waals surface area contributed by atoms with Gasteiger partial charge in [-0.25, -0.2) is 4.98 Å². The Labute approximate surface area is 111 Å². The minimum absolute atomic E-state index is 0.114. The molecule has 0 saturated carbocycles. The van der Waals surface area contributed by atoms with Crippen LogP contribution in [0.3, 0.4) is 0 Å². The van der Waals surface area contributed by atoms with E-state index in [4.69, 9.17) is 10.5 Å². The van der Waals surface area contributed by atoms with Gasteiger partial charge in [0.05, 0.1) is 36.6 Å². The lowest BCUT2D eigenvalue weighted by atomic mass is 9.97. The highest BCUT2D eigenvalue weighted by Gasteiger charge is 2.31. The molecule has 2 atom stereocenters. The van der Waals surface area contributed by atoms with Crippen molar-refractivity contribution in [1.29, 1.82) is 0 Å². The van der Waals surface area contributed by atoms with Gasteiger partial charge in [0.25, 0.3) is 0 Å². The number of carbonyl (C=O) groups excluding carboxylic acids is 1. The van der Waals surface area contributed by atoms with E-state index in [0.29, 0.717) is 19.6 Å². The number of hydrogen-bond donors (Lipinski definition) is 1. The maximum Gasteiger partial charge on any atom is 0.147 e. The van der Waals surface area contributed by atoms with E-state index in [9.17, 15) is 4.79 Å². The predicted molar refractivity (Wildman–Crippen MR) is 71.7 cm³/mol. The summed E-state index contributed by atoms with van der Waals surface area (Å²) >= 11 is 0. The Hall–Kier alpha value is -1.72. The van der Waals surface area contributed by atoms with Gasteiger partial charge in [-0.3, -0.25) is 4.79 Å². The van der Waals surface area contributed by atoms with E-state index in [1.54, 1.807) is 0 Å². The fourth-order valence-corrected chi connectivity index (χ4v) is 2.54. The van der Waals surface area contributed by atoms with Crippen LogP contribution >= 0.6 is 0 Å². The van der Waals surface area contributed by atoms with E-state index in [1.165, 1.54) is 0 Å². The Balaban J connectivity index is 1.85. The second kappa shape index (κ2) is 4.75. The molecule has 2 N–H and O–H groups in total. The Kier molecular flexibility index (Phi) is 3.08. The van der Waals surface area contributed by atoms with Crippen molar-refractivity contribution in [3.05, 3.63) is 30.1 Å². The third-order valence-corrected chi connectivity index (χ3v) is 3.75. The molecule has 1 fully saturated rings. The highest BCUT2D eigenvalue weighted by molar-refractivity contribution is 5.85. The van der Waals surface area contributed by atoms with Crippen LogP contribution in [0.2, 0.25) is 0 Å². The molecule has 2 aromatic rings. The van der Waals surface area contributed by atoms with E-state index in [2.05, 4.69) is 4.98 Å². The zero-order valence-electron chi connectivity index (χ0n) is 10.9. The molecule has 0 spiro atoms. The van der Waals surface area contributed by atoms with Crippen molar-refractivity contribution in [1.82, 2.24) is 9.55 Å². The van der Waals surface area contributed by atoms with Gasteiger partial charge in [-0.2, -0.15) is 0 Å².